The highest BCUT2D eigenvalue weighted by atomic mass is 19.1. The third-order valence-corrected chi connectivity index (χ3v) is 2.43. The van der Waals surface area contributed by atoms with Gasteiger partial charge in [-0.05, 0) is 23.8 Å². The maximum atomic E-state index is 12.7. The second kappa shape index (κ2) is 4.45. The van der Waals surface area contributed by atoms with E-state index in [9.17, 15) is 9.50 Å². The Balaban J connectivity index is 2.08. The van der Waals surface area contributed by atoms with Crippen LogP contribution in [0.2, 0.25) is 0 Å². The highest BCUT2D eigenvalue weighted by Gasteiger charge is 2.10. The molecule has 1 heterocycles. The summed E-state index contributed by atoms with van der Waals surface area (Å²) >= 11 is 0. The fraction of sp³-hybridized carbons (Fsp3) is 0.250. The van der Waals surface area contributed by atoms with Crippen LogP contribution in [-0.2, 0) is 13.5 Å². The molecular weight excluding hydrogens is 207 g/mol. The summed E-state index contributed by atoms with van der Waals surface area (Å²) in [5, 5.41) is 14.1. The van der Waals surface area contributed by atoms with Crippen LogP contribution < -0.4 is 0 Å². The molecule has 0 spiro atoms. The van der Waals surface area contributed by atoms with Crippen LogP contribution in [0.15, 0.2) is 36.5 Å². The lowest BCUT2D eigenvalue weighted by Gasteiger charge is -2.08. The van der Waals surface area contributed by atoms with Gasteiger partial charge < -0.3 is 5.11 Å². The van der Waals surface area contributed by atoms with Gasteiger partial charge in [-0.3, -0.25) is 4.68 Å². The van der Waals surface area contributed by atoms with Crippen LogP contribution in [0.4, 0.5) is 4.39 Å². The summed E-state index contributed by atoms with van der Waals surface area (Å²) < 4.78 is 14.4. The lowest BCUT2D eigenvalue weighted by molar-refractivity contribution is 0.177. The number of benzene rings is 1. The first-order chi connectivity index (χ1) is 7.65. The largest absolute Gasteiger partial charge is 0.388 e. The number of aliphatic hydroxyl groups excluding tert-OH is 1. The van der Waals surface area contributed by atoms with Crippen LogP contribution in [0, 0.1) is 5.82 Å². The van der Waals surface area contributed by atoms with Crippen LogP contribution in [-0.4, -0.2) is 14.9 Å². The lowest BCUT2D eigenvalue weighted by atomic mass is 10.1. The second-order valence-electron chi connectivity index (χ2n) is 3.75. The average molecular weight is 220 g/mol. The third-order valence-electron chi connectivity index (χ3n) is 2.43. The highest BCUT2D eigenvalue weighted by molar-refractivity contribution is 5.20. The molecule has 0 bridgehead atoms. The van der Waals surface area contributed by atoms with E-state index < -0.39 is 6.10 Å². The smallest absolute Gasteiger partial charge is 0.123 e. The minimum Gasteiger partial charge on any atom is -0.388 e. The summed E-state index contributed by atoms with van der Waals surface area (Å²) in [6, 6.07) is 7.71. The molecule has 0 aliphatic carbocycles. The Morgan fingerprint density at radius 3 is 2.56 bits per heavy atom. The molecule has 0 amide bonds. The molecule has 0 aliphatic rings. The van der Waals surface area contributed by atoms with Gasteiger partial charge in [0.25, 0.3) is 0 Å². The molecule has 0 radical (unpaired) electrons. The van der Waals surface area contributed by atoms with Crippen molar-refractivity contribution in [2.24, 2.45) is 7.05 Å². The number of nitrogens with zero attached hydrogens (tertiary/aromatic N) is 2. The molecule has 0 saturated carbocycles. The molecule has 0 fully saturated rings. The van der Waals surface area contributed by atoms with E-state index >= 15 is 0 Å². The molecule has 4 heteroatoms. The van der Waals surface area contributed by atoms with E-state index in [2.05, 4.69) is 5.10 Å². The van der Waals surface area contributed by atoms with E-state index in [-0.39, 0.29) is 5.82 Å². The number of hydrogen-bond acceptors (Lipinski definition) is 2. The second-order valence-corrected chi connectivity index (χ2v) is 3.75. The van der Waals surface area contributed by atoms with Gasteiger partial charge in [-0.1, -0.05) is 12.1 Å². The molecule has 0 saturated heterocycles. The van der Waals surface area contributed by atoms with Crippen molar-refractivity contribution in [3.8, 4) is 0 Å². The Kier molecular flexibility index (Phi) is 3.01. The van der Waals surface area contributed by atoms with Gasteiger partial charge >= 0.3 is 0 Å². The van der Waals surface area contributed by atoms with Crippen molar-refractivity contribution >= 4 is 0 Å². The molecule has 0 aliphatic heterocycles. The monoisotopic (exact) mass is 220 g/mol. The van der Waals surface area contributed by atoms with E-state index in [0.717, 1.165) is 5.69 Å². The molecule has 84 valence electrons. The molecule has 2 aromatic rings. The minimum absolute atomic E-state index is 0.297. The predicted molar refractivity (Wildman–Crippen MR) is 58.3 cm³/mol. The van der Waals surface area contributed by atoms with Gasteiger partial charge in [0.15, 0.2) is 0 Å². The predicted octanol–water partition coefficient (Wildman–Crippen LogP) is 1.84. The number of aliphatic hydroxyl groups is 1. The number of aryl methyl sites for hydroxylation is 1. The van der Waals surface area contributed by atoms with E-state index in [1.807, 2.05) is 19.3 Å². The van der Waals surface area contributed by atoms with Gasteiger partial charge in [0.05, 0.1) is 11.8 Å². The Hall–Kier alpha value is -1.68. The van der Waals surface area contributed by atoms with E-state index in [1.165, 1.54) is 12.1 Å². The molecule has 2 rings (SSSR count). The van der Waals surface area contributed by atoms with Crippen molar-refractivity contribution in [2.75, 3.05) is 0 Å². The van der Waals surface area contributed by atoms with E-state index in [4.69, 9.17) is 0 Å². The first-order valence-corrected chi connectivity index (χ1v) is 5.07. The summed E-state index contributed by atoms with van der Waals surface area (Å²) in [6.07, 6.45) is 1.62. The Labute approximate surface area is 93.2 Å². The standard InChI is InChI=1S/C12H13FN2O/c1-15-7-6-11(14-15)8-12(16)9-2-4-10(13)5-3-9/h2-7,12,16H,8H2,1H3. The van der Waals surface area contributed by atoms with Crippen molar-refractivity contribution in [1.82, 2.24) is 9.78 Å². The number of halogens is 1. The first-order valence-electron chi connectivity index (χ1n) is 5.07. The number of rotatable bonds is 3. The molecule has 16 heavy (non-hydrogen) atoms. The number of hydrogen-bond donors (Lipinski definition) is 1. The van der Waals surface area contributed by atoms with Crippen LogP contribution in [0.3, 0.4) is 0 Å². The Morgan fingerprint density at radius 2 is 2.00 bits per heavy atom. The van der Waals surface area contributed by atoms with Crippen molar-refractivity contribution in [2.45, 2.75) is 12.5 Å². The van der Waals surface area contributed by atoms with Gasteiger partial charge in [0.1, 0.15) is 5.82 Å². The van der Waals surface area contributed by atoms with Gasteiger partial charge in [-0.25, -0.2) is 4.39 Å². The van der Waals surface area contributed by atoms with Crippen LogP contribution in [0.5, 0.6) is 0 Å². The molecule has 3 nitrogen and oxygen atoms in total. The van der Waals surface area contributed by atoms with Crippen molar-refractivity contribution < 1.29 is 9.50 Å². The summed E-state index contributed by atoms with van der Waals surface area (Å²) in [7, 11) is 1.83. The lowest BCUT2D eigenvalue weighted by Crippen LogP contribution is -2.03. The molecule has 1 atom stereocenters. The molecule has 1 aromatic carbocycles. The average Bonchev–Trinajstić information content (AvgIpc) is 2.65. The van der Waals surface area contributed by atoms with Crippen LogP contribution in [0.25, 0.3) is 0 Å². The third kappa shape index (κ3) is 2.46. The van der Waals surface area contributed by atoms with Crippen molar-refractivity contribution in [1.29, 1.82) is 0 Å². The topological polar surface area (TPSA) is 38.0 Å². The summed E-state index contributed by atoms with van der Waals surface area (Å²) in [5.74, 6) is -0.297. The molecule has 1 unspecified atom stereocenters. The zero-order valence-electron chi connectivity index (χ0n) is 8.97. The number of aromatic nitrogens is 2. The summed E-state index contributed by atoms with van der Waals surface area (Å²) in [5.41, 5.74) is 1.52. The quantitative estimate of drug-likeness (QED) is 0.857. The fourth-order valence-corrected chi connectivity index (χ4v) is 1.57. The van der Waals surface area contributed by atoms with Crippen LogP contribution >= 0.6 is 0 Å². The van der Waals surface area contributed by atoms with Gasteiger partial charge in [0, 0.05) is 19.7 Å². The van der Waals surface area contributed by atoms with E-state index in [1.54, 1.807) is 16.8 Å². The first kappa shape index (κ1) is 10.8. The minimum atomic E-state index is -0.643. The molecule has 1 N–H and O–H groups in total. The zero-order chi connectivity index (χ0) is 11.5. The summed E-state index contributed by atoms with van der Waals surface area (Å²) in [6.45, 7) is 0. The SMILES string of the molecule is Cn1ccc(CC(O)c2ccc(F)cc2)n1. The molecule has 1 aromatic heterocycles. The van der Waals surface area contributed by atoms with Gasteiger partial charge in [-0.2, -0.15) is 5.10 Å². The Morgan fingerprint density at radius 1 is 1.31 bits per heavy atom. The van der Waals surface area contributed by atoms with Crippen molar-refractivity contribution in [3.05, 3.63) is 53.6 Å². The summed E-state index contributed by atoms with van der Waals surface area (Å²) in [4.78, 5) is 0. The zero-order valence-corrected chi connectivity index (χ0v) is 8.97. The highest BCUT2D eigenvalue weighted by Crippen LogP contribution is 2.17. The normalized spacial score (nSPS) is 12.7. The maximum absolute atomic E-state index is 12.7. The maximum Gasteiger partial charge on any atom is 0.123 e. The Bertz CT molecular complexity index is 464. The van der Waals surface area contributed by atoms with E-state index in [0.29, 0.717) is 12.0 Å². The van der Waals surface area contributed by atoms with Gasteiger partial charge in [-0.15, -0.1) is 0 Å². The van der Waals surface area contributed by atoms with Crippen LogP contribution in [0.1, 0.15) is 17.4 Å². The van der Waals surface area contributed by atoms with Gasteiger partial charge in [0.2, 0.25) is 0 Å². The molecular formula is C12H13FN2O. The fourth-order valence-electron chi connectivity index (χ4n) is 1.57. The van der Waals surface area contributed by atoms with Crippen molar-refractivity contribution in [3.63, 3.8) is 0 Å².